The highest BCUT2D eigenvalue weighted by molar-refractivity contribution is 5.98. The van der Waals surface area contributed by atoms with Crippen LogP contribution in [0.3, 0.4) is 0 Å². The molecular weight excluding hydrogens is 1130 g/mol. The average Bonchev–Trinajstić information content (AvgIpc) is 1.09. The minimum Gasteiger partial charge on any atom is -0.507 e. The van der Waals surface area contributed by atoms with Gasteiger partial charge in [0.05, 0.1) is 57.9 Å². The number of nitrogens with zero attached hydrogens (tertiary/aromatic N) is 3. The zero-order valence-corrected chi connectivity index (χ0v) is 52.1. The molecule has 0 aliphatic carbocycles. The maximum Gasteiger partial charge on any atom is 0.336 e. The highest BCUT2D eigenvalue weighted by Gasteiger charge is 2.28. The van der Waals surface area contributed by atoms with E-state index in [1.165, 1.54) is 75.7 Å². The van der Waals surface area contributed by atoms with Crippen LogP contribution in [-0.4, -0.2) is 102 Å². The van der Waals surface area contributed by atoms with Crippen molar-refractivity contribution in [2.24, 2.45) is 17.2 Å². The second kappa shape index (κ2) is 28.5. The third-order valence-electron chi connectivity index (χ3n) is 17.2. The predicted octanol–water partition coefficient (Wildman–Crippen LogP) is 9.20. The number of aliphatic hydroxyl groups excluding tert-OH is 1. The van der Waals surface area contributed by atoms with Gasteiger partial charge in [-0.15, -0.1) is 0 Å². The zero-order chi connectivity index (χ0) is 62.8. The number of benzene rings is 5. The predicted molar refractivity (Wildman–Crippen MR) is 366 cm³/mol. The van der Waals surface area contributed by atoms with E-state index >= 15 is 0 Å². The number of allylic oxidation sites excluding steroid dienone is 6. The lowest BCUT2D eigenvalue weighted by Crippen LogP contribution is -2.89. The first-order valence-electron chi connectivity index (χ1n) is 31.6. The third-order valence-corrected chi connectivity index (χ3v) is 17.2. The molecule has 0 bridgehead atoms. The van der Waals surface area contributed by atoms with Crippen molar-refractivity contribution in [2.75, 3.05) is 112 Å². The molecule has 13 N–H and O–H groups in total. The SMILES string of the molecule is C=C1C=C(C)c2c(ccc3[nH]cc(CCN)c23)O1.C=C1C=C(C)c2ccc(N3CC[NH2+]CC3)cc2O1.C=C1C=C(O)c2ccc(N3CC[NH2+]CC3)cc2O1.C=C1C=Cc2ccc(NCCN)cc2O1.NCCc1cc(=O)oc2c3c4c(cc12)CCCN4CCC3. The number of piperazine rings is 2. The molecule has 5 aromatic carbocycles. The van der Waals surface area contributed by atoms with E-state index in [0.29, 0.717) is 42.7 Å². The van der Waals surface area contributed by atoms with Gasteiger partial charge in [0, 0.05) is 124 Å². The number of H-pyrrole nitrogens is 1. The minimum absolute atomic E-state index is 0.222. The molecule has 2 saturated heterocycles. The standard InChI is InChI=1S/C17H20N2O2.C15H18N2O.C15H16N2O.C14H16N2O2.C12H14N2O/c18-6-5-11-10-15(20)21-17-13-4-2-8-19-7-1-3-12(16(13)19)9-14(11)17;1-11-9-12(2)18-15-10-13(3-4-14(11)15)17-7-5-16-6-8-17;1-9-7-10(2)18-13-4-3-12-15(14(9)13)11(5-6-16)8-17-12;1-10-8-13(17)12-3-2-11(9-14(12)18-10)16-6-4-15-5-7-16;1-9-2-3-10-4-5-11(14-7-6-13)8-12(10)15-9/h9-10H,1-8,18H2;3-4,9-10,16H,2,5-8H2,1H3;3-4,7-8,17H,2,5-6,16H2,1H3;2-3,8-9,15,17H,1,4-7H2;2-5,8,14H,1,6-7,13H2/p+2. The Kier molecular flexibility index (Phi) is 19.8. The van der Waals surface area contributed by atoms with Crippen molar-refractivity contribution < 1.29 is 39.1 Å². The van der Waals surface area contributed by atoms with Gasteiger partial charge < -0.3 is 81.3 Å². The van der Waals surface area contributed by atoms with E-state index in [0.717, 1.165) is 164 Å². The first-order valence-corrected chi connectivity index (χ1v) is 31.6. The number of nitrogens with one attached hydrogen (secondary N) is 2. The lowest BCUT2D eigenvalue weighted by atomic mass is 9.89. The van der Waals surface area contributed by atoms with Crippen LogP contribution in [0.2, 0.25) is 0 Å². The smallest absolute Gasteiger partial charge is 0.336 e. The Hall–Kier alpha value is -9.23. The summed E-state index contributed by atoms with van der Waals surface area (Å²) in [7, 11) is 0. The van der Waals surface area contributed by atoms with Crippen LogP contribution in [0, 0.1) is 0 Å². The molecule has 17 heteroatoms. The summed E-state index contributed by atoms with van der Waals surface area (Å²) in [6, 6.07) is 26.3. The molecule has 2 fully saturated rings. The van der Waals surface area contributed by atoms with E-state index in [1.54, 1.807) is 6.07 Å². The highest BCUT2D eigenvalue weighted by Crippen LogP contribution is 2.43. The van der Waals surface area contributed by atoms with Gasteiger partial charge in [-0.1, -0.05) is 26.3 Å². The Morgan fingerprint density at radius 1 is 0.611 bits per heavy atom. The van der Waals surface area contributed by atoms with Crippen LogP contribution in [0.15, 0.2) is 168 Å². The molecule has 17 nitrogen and oxygen atoms in total. The monoisotopic (exact) mass is 1210 g/mol. The Morgan fingerprint density at radius 3 is 1.92 bits per heavy atom. The van der Waals surface area contributed by atoms with Gasteiger partial charge in [0.25, 0.3) is 0 Å². The van der Waals surface area contributed by atoms with Crippen molar-refractivity contribution in [2.45, 2.75) is 52.4 Å². The number of aromatic nitrogens is 1. The number of ether oxygens (including phenoxy) is 4. The third kappa shape index (κ3) is 14.3. The van der Waals surface area contributed by atoms with E-state index in [9.17, 15) is 9.90 Å². The van der Waals surface area contributed by atoms with Crippen molar-refractivity contribution in [3.8, 4) is 23.0 Å². The number of aromatic amines is 1. The van der Waals surface area contributed by atoms with Crippen LogP contribution in [0.4, 0.5) is 22.7 Å². The number of aliphatic hydroxyl groups is 1. The minimum atomic E-state index is -0.255. The molecule has 90 heavy (non-hydrogen) atoms. The number of rotatable bonds is 9. The lowest BCUT2D eigenvalue weighted by molar-refractivity contribution is -0.655. The second-order valence-electron chi connectivity index (χ2n) is 23.6. The first-order chi connectivity index (χ1) is 43.7. The van der Waals surface area contributed by atoms with E-state index in [1.807, 2.05) is 79.0 Å². The average molecular weight is 1220 g/mol. The molecule has 0 spiro atoms. The van der Waals surface area contributed by atoms with Gasteiger partial charge in [0.2, 0.25) is 0 Å². The second-order valence-corrected chi connectivity index (χ2v) is 23.6. The Balaban J connectivity index is 0.000000116. The molecule has 8 aliphatic rings. The van der Waals surface area contributed by atoms with E-state index in [2.05, 4.69) is 100 Å². The summed E-state index contributed by atoms with van der Waals surface area (Å²) in [5, 5.41) is 20.0. The number of anilines is 4. The Bertz CT molecular complexity index is 3970. The van der Waals surface area contributed by atoms with Crippen molar-refractivity contribution in [3.63, 3.8) is 0 Å². The maximum absolute atomic E-state index is 11.9. The molecule has 7 aromatic rings. The quantitative estimate of drug-likeness (QED) is 0.0630. The van der Waals surface area contributed by atoms with Crippen LogP contribution in [0.1, 0.15) is 71.2 Å². The normalized spacial score (nSPS) is 16.7. The summed E-state index contributed by atoms with van der Waals surface area (Å²) in [5.41, 5.74) is 34.7. The molecule has 0 atom stereocenters. The Morgan fingerprint density at radius 2 is 1.23 bits per heavy atom. The van der Waals surface area contributed by atoms with Gasteiger partial charge in [-0.25, -0.2) is 4.79 Å². The molecule has 0 amide bonds. The van der Waals surface area contributed by atoms with Crippen LogP contribution < -0.4 is 72.4 Å². The number of quaternary nitrogens is 2. The fourth-order valence-corrected chi connectivity index (χ4v) is 13.0. The summed E-state index contributed by atoms with van der Waals surface area (Å²) in [6.45, 7) is 33.1. The highest BCUT2D eigenvalue weighted by atomic mass is 16.5. The van der Waals surface area contributed by atoms with Crippen molar-refractivity contribution in [1.82, 2.24) is 4.98 Å². The number of nitrogens with two attached hydrogens (primary N) is 5. The molecule has 0 radical (unpaired) electrons. The molecule has 0 unspecified atom stereocenters. The van der Waals surface area contributed by atoms with Crippen LogP contribution >= 0.6 is 0 Å². The van der Waals surface area contributed by atoms with Gasteiger partial charge in [-0.3, -0.25) is 0 Å². The first kappa shape index (κ1) is 62.4. The van der Waals surface area contributed by atoms with Crippen molar-refractivity contribution >= 4 is 67.6 Å². The van der Waals surface area contributed by atoms with E-state index in [4.69, 9.17) is 40.6 Å². The number of aryl methyl sites for hydroxylation is 2. The van der Waals surface area contributed by atoms with Crippen molar-refractivity contribution in [3.05, 3.63) is 214 Å². The maximum atomic E-state index is 11.9. The summed E-state index contributed by atoms with van der Waals surface area (Å²) < 4.78 is 28.1. The molecule has 15 rings (SSSR count). The van der Waals surface area contributed by atoms with E-state index in [-0.39, 0.29) is 11.4 Å². The number of fused-ring (bicyclic) bond motifs is 8. The molecular formula is C73H86N10O7+2. The molecule has 10 heterocycles. The largest absolute Gasteiger partial charge is 0.507 e. The van der Waals surface area contributed by atoms with Gasteiger partial charge in [-0.2, -0.15) is 0 Å². The fourth-order valence-electron chi connectivity index (χ4n) is 13.0. The molecule has 8 aliphatic heterocycles. The van der Waals surface area contributed by atoms with Crippen molar-refractivity contribution in [1.29, 1.82) is 0 Å². The van der Waals surface area contributed by atoms with Gasteiger partial charge >= 0.3 is 5.63 Å². The zero-order valence-electron chi connectivity index (χ0n) is 52.1. The summed E-state index contributed by atoms with van der Waals surface area (Å²) in [4.78, 5) is 22.4. The van der Waals surface area contributed by atoms with Crippen LogP contribution in [0.25, 0.3) is 44.9 Å². The Labute approximate surface area is 527 Å². The lowest BCUT2D eigenvalue weighted by Gasteiger charge is -2.37. The van der Waals surface area contributed by atoms with Crippen LogP contribution in [0.5, 0.6) is 23.0 Å². The van der Waals surface area contributed by atoms with E-state index < -0.39 is 0 Å². The summed E-state index contributed by atoms with van der Waals surface area (Å²) in [6.07, 6.45) is 17.4. The topological polar surface area (TPSA) is 236 Å². The summed E-state index contributed by atoms with van der Waals surface area (Å²) >= 11 is 0. The molecule has 468 valence electrons. The van der Waals surface area contributed by atoms with Gasteiger partial charge in [0.1, 0.15) is 57.4 Å². The van der Waals surface area contributed by atoms with Gasteiger partial charge in [0.15, 0.2) is 0 Å². The molecule has 0 saturated carbocycles. The number of hydrogen-bond donors (Lipinski definition) is 8. The molecule has 2 aromatic heterocycles. The summed E-state index contributed by atoms with van der Waals surface area (Å²) in [5.74, 6) is 6.12. The number of hydrogen-bond acceptors (Lipinski definition) is 14. The van der Waals surface area contributed by atoms with Gasteiger partial charge in [-0.05, 0) is 172 Å². The fraction of sp³-hybridized carbons (Fsp3) is 0.301. The van der Waals surface area contributed by atoms with Crippen LogP contribution in [-0.2, 0) is 25.7 Å².